The molecule has 1 atom stereocenters. The molecule has 0 saturated carbocycles. The van der Waals surface area contributed by atoms with Gasteiger partial charge in [-0.25, -0.2) is 13.6 Å². The number of amides is 1. The number of pyridine rings is 1. The van der Waals surface area contributed by atoms with E-state index in [4.69, 9.17) is 14.6 Å². The molecule has 186 valence electrons. The van der Waals surface area contributed by atoms with Gasteiger partial charge in [0.1, 0.15) is 5.82 Å². The number of nitrogens with one attached hydrogen (secondary N) is 3. The topological polar surface area (TPSA) is 113 Å². The molecule has 0 aliphatic carbocycles. The van der Waals surface area contributed by atoms with Crippen molar-refractivity contribution >= 4 is 17.7 Å². The number of anilines is 1. The molecule has 4 N–H and O–H groups in total. The Bertz CT molecular complexity index is 980. The first-order chi connectivity index (χ1) is 16.0. The van der Waals surface area contributed by atoms with Crippen LogP contribution in [0.2, 0.25) is 0 Å². The van der Waals surface area contributed by atoms with Gasteiger partial charge in [0.05, 0.1) is 13.2 Å². The van der Waals surface area contributed by atoms with Crippen molar-refractivity contribution in [1.82, 2.24) is 15.6 Å². The third-order valence-corrected chi connectivity index (χ3v) is 4.65. The number of carbonyl (C=O) groups excluding carboxylic acids is 1. The van der Waals surface area contributed by atoms with E-state index in [1.165, 1.54) is 25.3 Å². The van der Waals surface area contributed by atoms with Crippen molar-refractivity contribution < 1.29 is 41.4 Å². The van der Waals surface area contributed by atoms with Crippen LogP contribution in [-0.2, 0) is 22.7 Å². The molecule has 1 aromatic carbocycles. The van der Waals surface area contributed by atoms with Gasteiger partial charge in [-0.1, -0.05) is 12.1 Å². The molecule has 34 heavy (non-hydrogen) atoms. The van der Waals surface area contributed by atoms with E-state index < -0.39 is 18.0 Å². The summed E-state index contributed by atoms with van der Waals surface area (Å²) < 4.78 is 64.3. The van der Waals surface area contributed by atoms with Crippen LogP contribution in [0.5, 0.6) is 5.88 Å². The minimum absolute atomic E-state index is 0.0312. The lowest BCUT2D eigenvalue weighted by Gasteiger charge is -2.14. The predicted octanol–water partition coefficient (Wildman–Crippen LogP) is 2.98. The number of alkyl halides is 3. The van der Waals surface area contributed by atoms with Gasteiger partial charge in [0.15, 0.2) is 11.6 Å². The molecule has 1 aliphatic heterocycles. The van der Waals surface area contributed by atoms with E-state index in [1.807, 2.05) is 0 Å². The number of carboxylic acids is 1. The summed E-state index contributed by atoms with van der Waals surface area (Å²) in [5.74, 6) is -3.49. The predicted molar refractivity (Wildman–Crippen MR) is 111 cm³/mol. The number of nitrogens with zero attached hydrogens (tertiary/aromatic N) is 1. The minimum atomic E-state index is -5.08. The van der Waals surface area contributed by atoms with Crippen LogP contribution in [0.1, 0.15) is 24.0 Å². The quantitative estimate of drug-likeness (QED) is 0.442. The van der Waals surface area contributed by atoms with Gasteiger partial charge in [-0.3, -0.25) is 4.79 Å². The zero-order chi connectivity index (χ0) is 25.3. The number of carbonyl (C=O) groups is 2. The van der Waals surface area contributed by atoms with Gasteiger partial charge in [0.25, 0.3) is 0 Å². The summed E-state index contributed by atoms with van der Waals surface area (Å²) in [5.41, 5.74) is 1.24. The normalized spacial score (nSPS) is 15.2. The number of carboxylic acid groups (broad SMARTS) is 1. The lowest BCUT2D eigenvalue weighted by molar-refractivity contribution is -0.192. The van der Waals surface area contributed by atoms with Crippen LogP contribution in [0.3, 0.4) is 0 Å². The van der Waals surface area contributed by atoms with E-state index in [0.29, 0.717) is 5.56 Å². The van der Waals surface area contributed by atoms with Crippen molar-refractivity contribution in [1.29, 1.82) is 0 Å². The fraction of sp³-hybridized carbons (Fsp3) is 0.381. The Morgan fingerprint density at radius 1 is 1.21 bits per heavy atom. The smallest absolute Gasteiger partial charge is 0.481 e. The lowest BCUT2D eigenvalue weighted by Crippen LogP contribution is -2.40. The highest BCUT2D eigenvalue weighted by atomic mass is 19.4. The molecular weight excluding hydrogens is 467 g/mol. The molecule has 2 heterocycles. The van der Waals surface area contributed by atoms with E-state index in [1.54, 1.807) is 12.1 Å². The Kier molecular flexibility index (Phi) is 9.54. The second-order valence-corrected chi connectivity index (χ2v) is 7.14. The van der Waals surface area contributed by atoms with E-state index in [2.05, 4.69) is 20.9 Å². The van der Waals surface area contributed by atoms with E-state index in [-0.39, 0.29) is 42.6 Å². The van der Waals surface area contributed by atoms with Crippen molar-refractivity contribution in [2.75, 3.05) is 19.0 Å². The standard InChI is InChI=1S/C19H22F2N4O2.C2HF3O2/c1-27-19-13(11-24-18(26)16-3-2-8-22-16)9-15(21)17(25-19)23-10-12-4-6-14(20)7-5-12;3-2(4,5)1(6)7/h4-7,9,16,22H,2-3,8,10-11H2,1H3,(H,23,25)(H,24,26);(H,6,7). The van der Waals surface area contributed by atoms with Gasteiger partial charge in [-0.2, -0.15) is 18.2 Å². The number of aromatic nitrogens is 1. The Balaban J connectivity index is 0.000000509. The minimum Gasteiger partial charge on any atom is -0.481 e. The highest BCUT2D eigenvalue weighted by Crippen LogP contribution is 2.23. The molecule has 1 saturated heterocycles. The van der Waals surface area contributed by atoms with Crippen LogP contribution < -0.4 is 20.7 Å². The molecule has 2 aromatic rings. The van der Waals surface area contributed by atoms with Crippen LogP contribution in [0.4, 0.5) is 27.8 Å². The number of halogens is 5. The number of benzene rings is 1. The SMILES string of the molecule is COc1nc(NCc2ccc(F)cc2)c(F)cc1CNC(=O)C1CCCN1.O=C(O)C(F)(F)F. The number of hydrogen-bond donors (Lipinski definition) is 4. The third-order valence-electron chi connectivity index (χ3n) is 4.65. The average molecular weight is 490 g/mol. The number of ether oxygens (including phenoxy) is 1. The lowest BCUT2D eigenvalue weighted by atomic mass is 10.2. The van der Waals surface area contributed by atoms with Crippen molar-refractivity contribution in [2.24, 2.45) is 0 Å². The van der Waals surface area contributed by atoms with E-state index in [0.717, 1.165) is 24.9 Å². The molecule has 0 spiro atoms. The van der Waals surface area contributed by atoms with Gasteiger partial charge >= 0.3 is 12.1 Å². The summed E-state index contributed by atoms with van der Waals surface area (Å²) in [4.78, 5) is 25.1. The fourth-order valence-electron chi connectivity index (χ4n) is 2.94. The number of rotatable bonds is 7. The molecule has 1 unspecified atom stereocenters. The van der Waals surface area contributed by atoms with E-state index in [9.17, 15) is 26.7 Å². The zero-order valence-electron chi connectivity index (χ0n) is 18.0. The van der Waals surface area contributed by atoms with Crippen molar-refractivity contribution in [3.8, 4) is 5.88 Å². The molecule has 0 bridgehead atoms. The molecule has 1 aliphatic rings. The molecule has 1 aromatic heterocycles. The molecule has 1 amide bonds. The van der Waals surface area contributed by atoms with Gasteiger partial charge in [0.2, 0.25) is 11.8 Å². The zero-order valence-corrected chi connectivity index (χ0v) is 18.0. The molecule has 3 rings (SSSR count). The van der Waals surface area contributed by atoms with Crippen LogP contribution in [-0.4, -0.2) is 47.8 Å². The highest BCUT2D eigenvalue weighted by molar-refractivity contribution is 5.82. The first kappa shape index (κ1) is 26.8. The third kappa shape index (κ3) is 8.14. The van der Waals surface area contributed by atoms with Crippen molar-refractivity contribution in [3.63, 3.8) is 0 Å². The van der Waals surface area contributed by atoms with E-state index >= 15 is 0 Å². The van der Waals surface area contributed by atoms with Crippen LogP contribution in [0.15, 0.2) is 30.3 Å². The molecule has 0 radical (unpaired) electrons. The second-order valence-electron chi connectivity index (χ2n) is 7.14. The first-order valence-electron chi connectivity index (χ1n) is 10.0. The Morgan fingerprint density at radius 2 is 1.85 bits per heavy atom. The summed E-state index contributed by atoms with van der Waals surface area (Å²) in [6, 6.07) is 6.99. The summed E-state index contributed by atoms with van der Waals surface area (Å²) in [6.45, 7) is 1.24. The Hall–Kier alpha value is -3.48. The molecule has 1 fully saturated rings. The number of methoxy groups -OCH3 is 1. The van der Waals surface area contributed by atoms with Gasteiger partial charge in [0, 0.05) is 18.7 Å². The van der Waals surface area contributed by atoms with Gasteiger partial charge < -0.3 is 25.8 Å². The van der Waals surface area contributed by atoms with Crippen LogP contribution in [0.25, 0.3) is 0 Å². The average Bonchev–Trinajstić information content (AvgIpc) is 3.33. The number of hydrogen-bond acceptors (Lipinski definition) is 6. The summed E-state index contributed by atoms with van der Waals surface area (Å²) >= 11 is 0. The van der Waals surface area contributed by atoms with Gasteiger partial charge in [-0.05, 0) is 43.1 Å². The maximum atomic E-state index is 14.4. The Labute approximate surface area is 191 Å². The van der Waals surface area contributed by atoms with Crippen molar-refractivity contribution in [3.05, 3.63) is 53.1 Å². The highest BCUT2D eigenvalue weighted by Gasteiger charge is 2.38. The molecular formula is C21H23F5N4O4. The first-order valence-corrected chi connectivity index (χ1v) is 10.0. The number of aliphatic carboxylic acids is 1. The van der Waals surface area contributed by atoms with Gasteiger partial charge in [-0.15, -0.1) is 0 Å². The maximum absolute atomic E-state index is 14.4. The van der Waals surface area contributed by atoms with Crippen LogP contribution >= 0.6 is 0 Å². The summed E-state index contributed by atoms with van der Waals surface area (Å²) in [5, 5.41) is 15.9. The molecule has 8 nitrogen and oxygen atoms in total. The second kappa shape index (κ2) is 12.1. The monoisotopic (exact) mass is 490 g/mol. The van der Waals surface area contributed by atoms with Crippen molar-refractivity contribution in [2.45, 2.75) is 38.1 Å². The maximum Gasteiger partial charge on any atom is 0.490 e. The largest absolute Gasteiger partial charge is 0.490 e. The summed E-state index contributed by atoms with van der Waals surface area (Å²) in [6.07, 6.45) is -3.33. The fourth-order valence-corrected chi connectivity index (χ4v) is 2.94. The summed E-state index contributed by atoms with van der Waals surface area (Å²) in [7, 11) is 1.44. The molecule has 13 heteroatoms. The van der Waals surface area contributed by atoms with Crippen LogP contribution in [0, 0.1) is 11.6 Å². The Morgan fingerprint density at radius 3 is 2.38 bits per heavy atom.